The Bertz CT molecular complexity index is 767. The molecule has 1 aromatic heterocycles. The maximum absolute atomic E-state index is 11.3. The molecule has 7 nitrogen and oxygen atoms in total. The highest BCUT2D eigenvalue weighted by Gasteiger charge is 2.31. The van der Waals surface area contributed by atoms with Gasteiger partial charge in [-0.2, -0.15) is 5.10 Å². The molecule has 2 aromatic rings. The second-order valence-electron chi connectivity index (χ2n) is 6.63. The van der Waals surface area contributed by atoms with Crippen LogP contribution < -0.4 is 15.2 Å². The van der Waals surface area contributed by atoms with Crippen LogP contribution in [0.4, 0.5) is 0 Å². The van der Waals surface area contributed by atoms with Gasteiger partial charge in [0.2, 0.25) is 5.91 Å². The Labute approximate surface area is 146 Å². The van der Waals surface area contributed by atoms with Crippen LogP contribution in [0.15, 0.2) is 24.3 Å². The summed E-state index contributed by atoms with van der Waals surface area (Å²) in [5.41, 5.74) is 5.32. The quantitative estimate of drug-likeness (QED) is 0.920. The van der Waals surface area contributed by atoms with Crippen LogP contribution in [0.5, 0.6) is 11.5 Å². The largest absolute Gasteiger partial charge is 0.485 e. The number of hydrogen-bond donors (Lipinski definition) is 1. The van der Waals surface area contributed by atoms with E-state index in [1.807, 2.05) is 28.9 Å². The van der Waals surface area contributed by atoms with E-state index in [4.69, 9.17) is 15.2 Å². The lowest BCUT2D eigenvalue weighted by Gasteiger charge is -2.28. The second-order valence-corrected chi connectivity index (χ2v) is 6.63. The monoisotopic (exact) mass is 342 g/mol. The highest BCUT2D eigenvalue weighted by molar-refractivity contribution is 5.75. The van der Waals surface area contributed by atoms with E-state index in [0.717, 1.165) is 24.4 Å². The highest BCUT2D eigenvalue weighted by atomic mass is 16.6. The first kappa shape index (κ1) is 15.9. The molecule has 0 bridgehead atoms. The van der Waals surface area contributed by atoms with Crippen molar-refractivity contribution in [3.05, 3.63) is 35.9 Å². The number of nitrogens with two attached hydrogens (primary N) is 1. The average Bonchev–Trinajstić information content (AvgIpc) is 3.05. The van der Waals surface area contributed by atoms with E-state index in [1.54, 1.807) is 0 Å². The average molecular weight is 342 g/mol. The number of nitrogens with zero attached hydrogens (tertiary/aromatic N) is 3. The summed E-state index contributed by atoms with van der Waals surface area (Å²) in [6, 6.07) is 7.88. The molecule has 7 heteroatoms. The van der Waals surface area contributed by atoms with E-state index in [2.05, 4.69) is 10.1 Å². The minimum absolute atomic E-state index is 0.0386. The molecular formula is C18H22N4O3. The number of rotatable bonds is 4. The van der Waals surface area contributed by atoms with Gasteiger partial charge in [-0.15, -0.1) is 0 Å². The molecule has 1 saturated carbocycles. The van der Waals surface area contributed by atoms with Crippen molar-refractivity contribution in [2.24, 2.45) is 5.73 Å². The van der Waals surface area contributed by atoms with Crippen LogP contribution in [-0.4, -0.2) is 27.3 Å². The summed E-state index contributed by atoms with van der Waals surface area (Å²) >= 11 is 0. The van der Waals surface area contributed by atoms with Crippen LogP contribution in [0.1, 0.15) is 55.9 Å². The second kappa shape index (κ2) is 6.74. The molecule has 2 aliphatic rings. The molecule has 0 radical (unpaired) electrons. The van der Waals surface area contributed by atoms with Gasteiger partial charge in [0.1, 0.15) is 6.61 Å². The number of fused-ring (bicyclic) bond motifs is 1. The van der Waals surface area contributed by atoms with Gasteiger partial charge in [-0.3, -0.25) is 4.79 Å². The minimum Gasteiger partial charge on any atom is -0.485 e. The fourth-order valence-corrected chi connectivity index (χ4v) is 3.57. The Balaban J connectivity index is 1.65. The third-order valence-corrected chi connectivity index (χ3v) is 4.75. The number of aromatic nitrogens is 3. The van der Waals surface area contributed by atoms with Crippen molar-refractivity contribution in [1.29, 1.82) is 0 Å². The van der Waals surface area contributed by atoms with E-state index < -0.39 is 5.91 Å². The number of carbonyl (C=O) groups excluding carboxylic acids is 1. The smallest absolute Gasteiger partial charge is 0.225 e. The summed E-state index contributed by atoms with van der Waals surface area (Å²) < 4.78 is 13.9. The summed E-state index contributed by atoms with van der Waals surface area (Å²) in [5, 5.41) is 4.57. The van der Waals surface area contributed by atoms with Gasteiger partial charge in [-0.05, 0) is 25.0 Å². The van der Waals surface area contributed by atoms with Gasteiger partial charge < -0.3 is 15.2 Å². The Hall–Kier alpha value is -2.57. The predicted octanol–water partition coefficient (Wildman–Crippen LogP) is 2.32. The Morgan fingerprint density at radius 1 is 1.20 bits per heavy atom. The fourth-order valence-electron chi connectivity index (χ4n) is 3.57. The maximum Gasteiger partial charge on any atom is 0.225 e. The predicted molar refractivity (Wildman–Crippen MR) is 90.3 cm³/mol. The first-order chi connectivity index (χ1) is 12.2. The van der Waals surface area contributed by atoms with Gasteiger partial charge in [-0.25, -0.2) is 9.67 Å². The Morgan fingerprint density at radius 2 is 1.96 bits per heavy atom. The molecule has 4 rings (SSSR count). The third-order valence-electron chi connectivity index (χ3n) is 4.75. The highest BCUT2D eigenvalue weighted by Crippen LogP contribution is 2.37. The summed E-state index contributed by atoms with van der Waals surface area (Å²) in [7, 11) is 0. The summed E-state index contributed by atoms with van der Waals surface area (Å²) in [6.07, 6.45) is 5.44. The molecule has 1 atom stereocenters. The maximum atomic E-state index is 11.3. The molecule has 1 fully saturated rings. The minimum atomic E-state index is -0.432. The lowest BCUT2D eigenvalue weighted by molar-refractivity contribution is -0.117. The molecular weight excluding hydrogens is 320 g/mol. The van der Waals surface area contributed by atoms with Crippen LogP contribution in [0.2, 0.25) is 0 Å². The first-order valence-corrected chi connectivity index (χ1v) is 8.83. The van der Waals surface area contributed by atoms with Gasteiger partial charge in [0, 0.05) is 0 Å². The van der Waals surface area contributed by atoms with Crippen molar-refractivity contribution in [2.45, 2.75) is 50.7 Å². The number of hydrogen-bond acceptors (Lipinski definition) is 5. The molecule has 1 aliphatic carbocycles. The van der Waals surface area contributed by atoms with Crippen LogP contribution in [-0.2, 0) is 11.2 Å². The van der Waals surface area contributed by atoms with E-state index in [9.17, 15) is 4.79 Å². The molecule has 1 aliphatic heterocycles. The van der Waals surface area contributed by atoms with E-state index in [1.165, 1.54) is 19.3 Å². The molecule has 2 heterocycles. The van der Waals surface area contributed by atoms with Crippen molar-refractivity contribution in [1.82, 2.24) is 14.8 Å². The summed E-state index contributed by atoms with van der Waals surface area (Å²) in [4.78, 5) is 15.9. The van der Waals surface area contributed by atoms with Crippen molar-refractivity contribution in [3.8, 4) is 11.5 Å². The van der Waals surface area contributed by atoms with E-state index in [0.29, 0.717) is 24.2 Å². The van der Waals surface area contributed by atoms with Crippen LogP contribution >= 0.6 is 0 Å². The van der Waals surface area contributed by atoms with Gasteiger partial charge in [0.25, 0.3) is 0 Å². The lowest BCUT2D eigenvalue weighted by Crippen LogP contribution is -2.27. The number of amides is 1. The number of carbonyl (C=O) groups is 1. The molecule has 1 aromatic carbocycles. The molecule has 0 spiro atoms. The molecule has 1 amide bonds. The van der Waals surface area contributed by atoms with E-state index in [-0.39, 0.29) is 12.5 Å². The number of para-hydroxylation sites is 2. The van der Waals surface area contributed by atoms with Gasteiger partial charge >= 0.3 is 0 Å². The van der Waals surface area contributed by atoms with Gasteiger partial charge in [-0.1, -0.05) is 31.4 Å². The fraction of sp³-hybridized carbons (Fsp3) is 0.500. The first-order valence-electron chi connectivity index (χ1n) is 8.83. The van der Waals surface area contributed by atoms with Crippen molar-refractivity contribution in [3.63, 3.8) is 0 Å². The van der Waals surface area contributed by atoms with Crippen LogP contribution in [0.3, 0.4) is 0 Å². The SMILES string of the molecule is NC(=O)Cc1nc(C2COc3ccccc3O2)n(C2CCCCC2)n1. The van der Waals surface area contributed by atoms with Crippen molar-refractivity contribution in [2.75, 3.05) is 6.61 Å². The lowest BCUT2D eigenvalue weighted by atomic mass is 9.95. The van der Waals surface area contributed by atoms with Gasteiger partial charge in [0.15, 0.2) is 29.3 Å². The molecule has 132 valence electrons. The van der Waals surface area contributed by atoms with Crippen LogP contribution in [0, 0.1) is 0 Å². The zero-order valence-electron chi connectivity index (χ0n) is 14.1. The third kappa shape index (κ3) is 3.31. The standard InChI is InChI=1S/C18H22N4O3/c19-16(23)10-17-20-18(22(21-17)12-6-2-1-3-7-12)15-11-24-13-8-4-5-9-14(13)25-15/h4-5,8-9,12,15H,1-3,6-7,10-11H2,(H2,19,23). The molecule has 1 unspecified atom stereocenters. The summed E-state index contributed by atoms with van der Waals surface area (Å²) in [6.45, 7) is 0.373. The van der Waals surface area contributed by atoms with Gasteiger partial charge in [0.05, 0.1) is 12.5 Å². The number of primary amides is 1. The normalized spacial score (nSPS) is 20.4. The number of ether oxygens (including phenoxy) is 2. The summed E-state index contributed by atoms with van der Waals surface area (Å²) in [5.74, 6) is 2.18. The molecule has 2 N–H and O–H groups in total. The van der Waals surface area contributed by atoms with E-state index >= 15 is 0 Å². The van der Waals surface area contributed by atoms with Crippen molar-refractivity contribution < 1.29 is 14.3 Å². The molecule has 25 heavy (non-hydrogen) atoms. The Kier molecular flexibility index (Phi) is 4.29. The van der Waals surface area contributed by atoms with Crippen molar-refractivity contribution >= 4 is 5.91 Å². The topological polar surface area (TPSA) is 92.3 Å². The zero-order chi connectivity index (χ0) is 17.2. The Morgan fingerprint density at radius 3 is 2.72 bits per heavy atom. The molecule has 0 saturated heterocycles. The van der Waals surface area contributed by atoms with Crippen LogP contribution in [0.25, 0.3) is 0 Å². The number of benzene rings is 1. The zero-order valence-corrected chi connectivity index (χ0v) is 14.1.